The molecule has 0 bridgehead atoms. The van der Waals surface area contributed by atoms with Crippen molar-refractivity contribution in [2.75, 3.05) is 13.7 Å². The summed E-state index contributed by atoms with van der Waals surface area (Å²) in [6.07, 6.45) is 4.41. The second-order valence-corrected chi connectivity index (χ2v) is 10.5. The Balaban J connectivity index is 1.41. The summed E-state index contributed by atoms with van der Waals surface area (Å²) in [4.78, 5) is 15.3. The Labute approximate surface area is 254 Å². The van der Waals surface area contributed by atoms with Crippen LogP contribution in [0.4, 0.5) is 4.39 Å². The first-order valence-corrected chi connectivity index (χ1v) is 14.1. The number of fused-ring (bicyclic) bond motifs is 1. The molecule has 43 heavy (non-hydrogen) atoms. The maximum atomic E-state index is 15.2. The number of nitrogens with zero attached hydrogens (tertiary/aromatic N) is 2. The average molecular weight is 601 g/mol. The molecule has 4 aromatic rings. The highest BCUT2D eigenvalue weighted by molar-refractivity contribution is 6.32. The van der Waals surface area contributed by atoms with E-state index in [-0.39, 0.29) is 24.9 Å². The highest BCUT2D eigenvalue weighted by Gasteiger charge is 2.28. The van der Waals surface area contributed by atoms with Gasteiger partial charge in [-0.05, 0) is 47.7 Å². The van der Waals surface area contributed by atoms with Gasteiger partial charge >= 0.3 is 0 Å². The lowest BCUT2D eigenvalue weighted by atomic mass is 9.96. The van der Waals surface area contributed by atoms with Gasteiger partial charge in [0.2, 0.25) is 5.91 Å². The minimum absolute atomic E-state index is 0.166. The van der Waals surface area contributed by atoms with Crippen LogP contribution < -0.4 is 25.3 Å². The van der Waals surface area contributed by atoms with Crippen molar-refractivity contribution in [1.82, 2.24) is 10.3 Å². The lowest BCUT2D eigenvalue weighted by Crippen LogP contribution is -2.22. The first kappa shape index (κ1) is 29.8. The monoisotopic (exact) mass is 600 g/mol. The lowest BCUT2D eigenvalue weighted by molar-refractivity contribution is -0.117. The highest BCUT2D eigenvalue weighted by Crippen LogP contribution is 2.43. The Hall–Kier alpha value is -4.65. The minimum atomic E-state index is -0.400. The molecular weight excluding hydrogens is 571 g/mol. The van der Waals surface area contributed by atoms with Crippen molar-refractivity contribution in [2.45, 2.75) is 38.5 Å². The fraction of sp³-hybridized carbons (Fsp3) is 0.242. The topological polar surface area (TPSA) is 119 Å². The Bertz CT molecular complexity index is 1690. The van der Waals surface area contributed by atoms with Crippen LogP contribution in [0.25, 0.3) is 11.1 Å². The molecule has 0 saturated heterocycles. The number of hydrogen-bond acceptors (Lipinski definition) is 7. The van der Waals surface area contributed by atoms with E-state index in [4.69, 9.17) is 31.5 Å². The number of carbonyl (C=O) groups is 1. The molecule has 0 saturated carbocycles. The molecule has 1 heterocycles. The van der Waals surface area contributed by atoms with E-state index >= 15 is 4.39 Å². The van der Waals surface area contributed by atoms with Crippen molar-refractivity contribution in [1.29, 1.82) is 5.26 Å². The summed E-state index contributed by atoms with van der Waals surface area (Å²) in [5, 5.41) is 12.8. The van der Waals surface area contributed by atoms with E-state index in [0.717, 1.165) is 27.8 Å². The molecule has 0 spiro atoms. The van der Waals surface area contributed by atoms with Gasteiger partial charge in [0.05, 0.1) is 17.7 Å². The van der Waals surface area contributed by atoms with Crippen LogP contribution >= 0.6 is 11.6 Å². The smallest absolute Gasteiger partial charge is 0.218 e. The van der Waals surface area contributed by atoms with Crippen molar-refractivity contribution in [3.05, 3.63) is 106 Å². The Morgan fingerprint density at radius 3 is 2.74 bits per heavy atom. The van der Waals surface area contributed by atoms with E-state index in [0.29, 0.717) is 53.6 Å². The van der Waals surface area contributed by atoms with E-state index in [9.17, 15) is 10.1 Å². The molecule has 1 unspecified atom stereocenters. The number of aromatic nitrogens is 1. The zero-order chi connectivity index (χ0) is 30.3. The number of nitrogens with one attached hydrogen (secondary N) is 1. The summed E-state index contributed by atoms with van der Waals surface area (Å²) in [7, 11) is 1.45. The predicted octanol–water partition coefficient (Wildman–Crippen LogP) is 6.03. The normalized spacial score (nSPS) is 13.7. The SMILES string of the molecule is COc1cccc(-c2cccc3c2CCC3Oc2cc(OCc3cncc(C#N)c3)c(CNCCC(N)=O)cc2Cl)c1F. The van der Waals surface area contributed by atoms with Crippen molar-refractivity contribution in [3.63, 3.8) is 0 Å². The molecule has 8 nitrogen and oxygen atoms in total. The van der Waals surface area contributed by atoms with Crippen molar-refractivity contribution in [3.8, 4) is 34.4 Å². The summed E-state index contributed by atoms with van der Waals surface area (Å²) in [6.45, 7) is 0.939. The van der Waals surface area contributed by atoms with Crippen molar-refractivity contribution >= 4 is 17.5 Å². The number of methoxy groups -OCH3 is 1. The Morgan fingerprint density at radius 1 is 1.14 bits per heavy atom. The summed E-state index contributed by atoms with van der Waals surface area (Å²) >= 11 is 6.72. The van der Waals surface area contributed by atoms with Gasteiger partial charge in [0.25, 0.3) is 0 Å². The molecule has 0 fully saturated rings. The van der Waals surface area contributed by atoms with Gasteiger partial charge in [0, 0.05) is 54.7 Å². The number of ether oxygens (including phenoxy) is 3. The number of pyridine rings is 1. The average Bonchev–Trinajstić information content (AvgIpc) is 3.43. The number of benzene rings is 3. The quantitative estimate of drug-likeness (QED) is 0.190. The van der Waals surface area contributed by atoms with Crippen LogP contribution in [0.1, 0.15) is 46.8 Å². The molecule has 3 N–H and O–H groups in total. The van der Waals surface area contributed by atoms with Gasteiger partial charge in [0.15, 0.2) is 11.6 Å². The van der Waals surface area contributed by atoms with Crippen molar-refractivity contribution in [2.24, 2.45) is 5.73 Å². The van der Waals surface area contributed by atoms with Crippen LogP contribution in [-0.2, 0) is 24.4 Å². The number of halogens is 2. The van der Waals surface area contributed by atoms with E-state index in [1.807, 2.05) is 18.2 Å². The van der Waals surface area contributed by atoms with Crippen LogP contribution in [0.5, 0.6) is 17.2 Å². The second kappa shape index (κ2) is 13.6. The van der Waals surface area contributed by atoms with Crippen LogP contribution in [0.2, 0.25) is 5.02 Å². The zero-order valence-corrected chi connectivity index (χ0v) is 24.3. The summed E-state index contributed by atoms with van der Waals surface area (Å²) in [6, 6.07) is 18.2. The molecule has 1 aliphatic rings. The third-order valence-electron chi connectivity index (χ3n) is 7.26. The lowest BCUT2D eigenvalue weighted by Gasteiger charge is -2.20. The van der Waals surface area contributed by atoms with Crippen molar-refractivity contribution < 1.29 is 23.4 Å². The van der Waals surface area contributed by atoms with E-state index < -0.39 is 11.7 Å². The molecule has 0 aliphatic heterocycles. The van der Waals surface area contributed by atoms with Crippen LogP contribution in [0.3, 0.4) is 0 Å². The summed E-state index contributed by atoms with van der Waals surface area (Å²) < 4.78 is 33.0. The number of hydrogen-bond donors (Lipinski definition) is 2. The fourth-order valence-corrected chi connectivity index (χ4v) is 5.41. The maximum Gasteiger partial charge on any atom is 0.218 e. The number of rotatable bonds is 12. The first-order chi connectivity index (χ1) is 20.9. The molecule has 1 aromatic heterocycles. The number of carbonyl (C=O) groups excluding carboxylic acids is 1. The molecule has 1 amide bonds. The molecular formula is C33H30ClFN4O4. The standard InChI is InChI=1S/C33H30ClFN4O4/c1-41-29-7-3-6-26(33(29)35)23-4-2-5-25-24(23)8-9-28(25)43-31-14-30(42-19-21-12-20(15-36)16-39-17-21)22(13-27(31)34)18-38-11-10-32(37)40/h2-7,12-14,16-17,28,38H,8-11,18-19H2,1H3,(H2,37,40). The van der Waals surface area contributed by atoms with Gasteiger partial charge in [-0.3, -0.25) is 9.78 Å². The molecule has 10 heteroatoms. The largest absolute Gasteiger partial charge is 0.494 e. The van der Waals surface area contributed by atoms with E-state index in [2.05, 4.69) is 16.4 Å². The molecule has 220 valence electrons. The predicted molar refractivity (Wildman–Crippen MR) is 160 cm³/mol. The molecule has 5 rings (SSSR count). The maximum absolute atomic E-state index is 15.2. The molecule has 3 aromatic carbocycles. The minimum Gasteiger partial charge on any atom is -0.494 e. The van der Waals surface area contributed by atoms with Gasteiger partial charge < -0.3 is 25.3 Å². The Kier molecular flexibility index (Phi) is 9.40. The van der Waals surface area contributed by atoms with Gasteiger partial charge in [-0.25, -0.2) is 4.39 Å². The number of nitrogens with two attached hydrogens (primary N) is 1. The summed E-state index contributed by atoms with van der Waals surface area (Å²) in [5.74, 6) is 0.364. The summed E-state index contributed by atoms with van der Waals surface area (Å²) in [5.41, 5.74) is 10.5. The number of primary amides is 1. The van der Waals surface area contributed by atoms with Gasteiger partial charge in [0.1, 0.15) is 30.3 Å². The van der Waals surface area contributed by atoms with Crippen LogP contribution in [-0.4, -0.2) is 24.5 Å². The van der Waals surface area contributed by atoms with E-state index in [1.165, 1.54) is 13.3 Å². The highest BCUT2D eigenvalue weighted by atomic mass is 35.5. The van der Waals surface area contributed by atoms with Crippen LogP contribution in [0.15, 0.2) is 67.0 Å². The van der Waals surface area contributed by atoms with Crippen LogP contribution in [0, 0.1) is 17.1 Å². The van der Waals surface area contributed by atoms with Gasteiger partial charge in [-0.2, -0.15) is 5.26 Å². The third-order valence-corrected chi connectivity index (χ3v) is 7.55. The number of nitriles is 1. The molecule has 1 aliphatic carbocycles. The van der Waals surface area contributed by atoms with Gasteiger partial charge in [-0.1, -0.05) is 41.9 Å². The second-order valence-electron chi connectivity index (χ2n) is 10.1. The third kappa shape index (κ3) is 6.88. The van der Waals surface area contributed by atoms with Gasteiger partial charge in [-0.15, -0.1) is 0 Å². The van der Waals surface area contributed by atoms with E-state index in [1.54, 1.807) is 42.6 Å². The molecule has 0 radical (unpaired) electrons. The fourth-order valence-electron chi connectivity index (χ4n) is 5.18. The zero-order valence-electron chi connectivity index (χ0n) is 23.5. The Morgan fingerprint density at radius 2 is 1.95 bits per heavy atom. The first-order valence-electron chi connectivity index (χ1n) is 13.8. The molecule has 1 atom stereocenters. The number of amides is 1.